The fourth-order valence-electron chi connectivity index (χ4n) is 3.37. The number of hydrogen-bond donors (Lipinski definition) is 2. The molecule has 0 spiro atoms. The molecule has 2 aromatic carbocycles. The first-order valence-electron chi connectivity index (χ1n) is 12.1. The lowest BCUT2D eigenvalue weighted by Gasteiger charge is -2.23. The van der Waals surface area contributed by atoms with Crippen molar-refractivity contribution in [2.75, 3.05) is 23.4 Å². The van der Waals surface area contributed by atoms with E-state index in [1.54, 1.807) is 48.7 Å². The highest BCUT2D eigenvalue weighted by Gasteiger charge is 2.20. The summed E-state index contributed by atoms with van der Waals surface area (Å²) in [4.78, 5) is 43.6. The number of nitrogens with zero attached hydrogens (tertiary/aromatic N) is 2. The lowest BCUT2D eigenvalue weighted by molar-refractivity contribution is -0.125. The number of carbonyl (C=O) groups excluding carboxylic acids is 3. The normalized spacial score (nSPS) is 10.4. The Bertz CT molecular complexity index is 1110. The van der Waals surface area contributed by atoms with Gasteiger partial charge in [0.25, 0.3) is 0 Å². The number of aromatic nitrogens is 1. The van der Waals surface area contributed by atoms with Crippen LogP contribution >= 0.6 is 0 Å². The van der Waals surface area contributed by atoms with Gasteiger partial charge in [-0.2, -0.15) is 0 Å². The monoisotopic (exact) mass is 488 g/mol. The van der Waals surface area contributed by atoms with Gasteiger partial charge in [-0.05, 0) is 48.4 Å². The maximum absolute atomic E-state index is 13.1. The van der Waals surface area contributed by atoms with E-state index in [9.17, 15) is 14.4 Å². The first-order valence-corrected chi connectivity index (χ1v) is 12.1. The summed E-state index contributed by atoms with van der Waals surface area (Å²) < 4.78 is 5.70. The summed E-state index contributed by atoms with van der Waals surface area (Å²) in [7, 11) is 0. The number of ether oxygens (including phenoxy) is 1. The van der Waals surface area contributed by atoms with Crippen molar-refractivity contribution in [3.8, 4) is 5.75 Å². The Morgan fingerprint density at radius 3 is 2.33 bits per heavy atom. The lowest BCUT2D eigenvalue weighted by atomic mass is 10.2. The molecule has 0 aliphatic carbocycles. The number of carbonyl (C=O) groups is 3. The molecule has 1 aromatic heterocycles. The van der Waals surface area contributed by atoms with E-state index in [4.69, 9.17) is 4.74 Å². The number of hydrogen-bond acceptors (Lipinski definition) is 5. The van der Waals surface area contributed by atoms with Crippen LogP contribution in [-0.2, 0) is 20.9 Å². The zero-order valence-corrected chi connectivity index (χ0v) is 20.5. The standard InChI is InChI=1S/C28H32N4O4/c1-2-3-19-36-24-14-12-23(13-15-24)32(21-27(34)30-20-22-9-5-4-6-10-22)28(35)17-16-26(33)31-25-11-7-8-18-29-25/h4-15,18H,2-3,16-17,19-21H2,1H3,(H,30,34)(H,29,31,33). The molecule has 1 heterocycles. The number of unbranched alkanes of at least 4 members (excludes halogenated alkanes) is 1. The van der Waals surface area contributed by atoms with E-state index in [0.717, 1.165) is 18.4 Å². The smallest absolute Gasteiger partial charge is 0.240 e. The van der Waals surface area contributed by atoms with E-state index >= 15 is 0 Å². The second-order valence-corrected chi connectivity index (χ2v) is 8.20. The molecule has 0 aliphatic heterocycles. The van der Waals surface area contributed by atoms with Crippen molar-refractivity contribution >= 4 is 29.2 Å². The third kappa shape index (κ3) is 8.87. The van der Waals surface area contributed by atoms with Crippen LogP contribution in [0.4, 0.5) is 11.5 Å². The SMILES string of the molecule is CCCCOc1ccc(N(CC(=O)NCc2ccccc2)C(=O)CCC(=O)Nc2ccccn2)cc1. The minimum absolute atomic E-state index is 0.0320. The molecule has 0 fully saturated rings. The minimum Gasteiger partial charge on any atom is -0.494 e. The molecule has 3 rings (SSSR count). The molecular weight excluding hydrogens is 456 g/mol. The lowest BCUT2D eigenvalue weighted by Crippen LogP contribution is -2.41. The van der Waals surface area contributed by atoms with Gasteiger partial charge in [0.05, 0.1) is 6.61 Å². The Balaban J connectivity index is 1.63. The Morgan fingerprint density at radius 2 is 1.64 bits per heavy atom. The molecule has 8 heteroatoms. The zero-order chi connectivity index (χ0) is 25.6. The van der Waals surface area contributed by atoms with Gasteiger partial charge in [-0.3, -0.25) is 14.4 Å². The van der Waals surface area contributed by atoms with Crippen molar-refractivity contribution in [2.45, 2.75) is 39.2 Å². The number of pyridine rings is 1. The molecule has 0 saturated carbocycles. The highest BCUT2D eigenvalue weighted by Crippen LogP contribution is 2.21. The molecular formula is C28H32N4O4. The van der Waals surface area contributed by atoms with Crippen LogP contribution in [0.3, 0.4) is 0 Å². The predicted octanol–water partition coefficient (Wildman–Crippen LogP) is 4.33. The van der Waals surface area contributed by atoms with Crippen molar-refractivity contribution in [1.29, 1.82) is 0 Å². The van der Waals surface area contributed by atoms with Crippen molar-refractivity contribution < 1.29 is 19.1 Å². The van der Waals surface area contributed by atoms with Gasteiger partial charge >= 0.3 is 0 Å². The van der Waals surface area contributed by atoms with Crippen molar-refractivity contribution in [2.24, 2.45) is 0 Å². The van der Waals surface area contributed by atoms with Crippen molar-refractivity contribution in [1.82, 2.24) is 10.3 Å². The van der Waals surface area contributed by atoms with E-state index < -0.39 is 0 Å². The molecule has 0 saturated heterocycles. The fraction of sp³-hybridized carbons (Fsp3) is 0.286. The molecule has 0 radical (unpaired) electrons. The van der Waals surface area contributed by atoms with Crippen LogP contribution in [0.25, 0.3) is 0 Å². The van der Waals surface area contributed by atoms with Gasteiger partial charge in [0.1, 0.15) is 18.1 Å². The fourth-order valence-corrected chi connectivity index (χ4v) is 3.37. The maximum atomic E-state index is 13.1. The van der Waals surface area contributed by atoms with E-state index in [1.807, 2.05) is 30.3 Å². The van der Waals surface area contributed by atoms with Gasteiger partial charge in [0.2, 0.25) is 17.7 Å². The summed E-state index contributed by atoms with van der Waals surface area (Å²) in [6.07, 6.45) is 3.47. The van der Waals surface area contributed by atoms with E-state index in [-0.39, 0.29) is 37.1 Å². The summed E-state index contributed by atoms with van der Waals surface area (Å²) in [6, 6.07) is 21.8. The number of rotatable bonds is 13. The topological polar surface area (TPSA) is 101 Å². The molecule has 2 N–H and O–H groups in total. The van der Waals surface area contributed by atoms with Crippen LogP contribution in [0.2, 0.25) is 0 Å². The predicted molar refractivity (Wildman–Crippen MR) is 140 cm³/mol. The molecule has 188 valence electrons. The second-order valence-electron chi connectivity index (χ2n) is 8.20. The largest absolute Gasteiger partial charge is 0.494 e. The van der Waals surface area contributed by atoms with Crippen molar-refractivity contribution in [3.63, 3.8) is 0 Å². The molecule has 3 aromatic rings. The Kier molecular flexibility index (Phi) is 10.5. The van der Waals surface area contributed by atoms with Gasteiger partial charge in [-0.15, -0.1) is 0 Å². The van der Waals surface area contributed by atoms with Gasteiger partial charge in [-0.1, -0.05) is 49.7 Å². The average molecular weight is 489 g/mol. The number of benzene rings is 2. The van der Waals surface area contributed by atoms with Crippen LogP contribution in [0.15, 0.2) is 79.0 Å². The Hall–Kier alpha value is -4.20. The summed E-state index contributed by atoms with van der Waals surface area (Å²) in [6.45, 7) is 2.91. The summed E-state index contributed by atoms with van der Waals surface area (Å²) >= 11 is 0. The minimum atomic E-state index is -0.333. The number of anilines is 2. The number of nitrogens with one attached hydrogen (secondary N) is 2. The van der Waals surface area contributed by atoms with Crippen LogP contribution in [0, 0.1) is 0 Å². The number of amides is 3. The van der Waals surface area contributed by atoms with E-state index in [1.165, 1.54) is 4.90 Å². The van der Waals surface area contributed by atoms with Crippen LogP contribution < -0.4 is 20.3 Å². The molecule has 36 heavy (non-hydrogen) atoms. The first kappa shape index (κ1) is 26.4. The molecule has 0 aliphatic rings. The Labute approximate surface area is 211 Å². The van der Waals surface area contributed by atoms with Crippen LogP contribution in [0.5, 0.6) is 5.75 Å². The maximum Gasteiger partial charge on any atom is 0.240 e. The van der Waals surface area contributed by atoms with Gasteiger partial charge in [0.15, 0.2) is 0 Å². The third-order valence-electron chi connectivity index (χ3n) is 5.35. The van der Waals surface area contributed by atoms with Gasteiger partial charge in [-0.25, -0.2) is 4.98 Å². The second kappa shape index (κ2) is 14.3. The highest BCUT2D eigenvalue weighted by atomic mass is 16.5. The molecule has 0 unspecified atom stereocenters. The quantitative estimate of drug-likeness (QED) is 0.349. The van der Waals surface area contributed by atoms with Crippen LogP contribution in [-0.4, -0.2) is 35.9 Å². The molecule has 8 nitrogen and oxygen atoms in total. The average Bonchev–Trinajstić information content (AvgIpc) is 2.91. The van der Waals surface area contributed by atoms with Gasteiger partial charge < -0.3 is 20.3 Å². The van der Waals surface area contributed by atoms with E-state index in [2.05, 4.69) is 22.5 Å². The molecule has 0 atom stereocenters. The van der Waals surface area contributed by atoms with Crippen LogP contribution in [0.1, 0.15) is 38.2 Å². The third-order valence-corrected chi connectivity index (χ3v) is 5.35. The highest BCUT2D eigenvalue weighted by molar-refractivity contribution is 6.01. The zero-order valence-electron chi connectivity index (χ0n) is 20.5. The first-order chi connectivity index (χ1) is 17.5. The van der Waals surface area contributed by atoms with E-state index in [0.29, 0.717) is 30.4 Å². The summed E-state index contributed by atoms with van der Waals surface area (Å²) in [5.41, 5.74) is 1.52. The molecule has 3 amide bonds. The molecule has 0 bridgehead atoms. The van der Waals surface area contributed by atoms with Crippen molar-refractivity contribution in [3.05, 3.63) is 84.6 Å². The summed E-state index contributed by atoms with van der Waals surface area (Å²) in [5.74, 6) is 0.165. The Morgan fingerprint density at radius 1 is 0.889 bits per heavy atom. The van der Waals surface area contributed by atoms with Gasteiger partial charge in [0, 0.05) is 31.3 Å². The summed E-state index contributed by atoms with van der Waals surface area (Å²) in [5, 5.41) is 5.52.